The molecule has 1 saturated heterocycles. The second-order valence-corrected chi connectivity index (χ2v) is 7.57. The maximum atomic E-state index is 12.4. The first-order valence-corrected chi connectivity index (χ1v) is 7.64. The molecular weight excluding hydrogens is 308 g/mol. The number of aromatic nitrogens is 3. The number of rotatable bonds is 2. The van der Waals surface area contributed by atoms with Crippen molar-refractivity contribution in [3.8, 4) is 0 Å². The molecule has 24 heavy (non-hydrogen) atoms. The van der Waals surface area contributed by atoms with Gasteiger partial charge in [0.2, 0.25) is 5.95 Å². The molecule has 0 aliphatic carbocycles. The van der Waals surface area contributed by atoms with Crippen molar-refractivity contribution in [3.05, 3.63) is 10.5 Å². The lowest BCUT2D eigenvalue weighted by atomic mass is 9.36. The van der Waals surface area contributed by atoms with Crippen LogP contribution in [-0.2, 0) is 10.4 Å². The second-order valence-electron chi connectivity index (χ2n) is 7.57. The van der Waals surface area contributed by atoms with Gasteiger partial charge in [-0.3, -0.25) is 4.57 Å². The summed E-state index contributed by atoms with van der Waals surface area (Å²) in [5.41, 5.74) is -2.38. The van der Waals surface area contributed by atoms with Gasteiger partial charge in [-0.05, 0) is 0 Å². The summed E-state index contributed by atoms with van der Waals surface area (Å²) in [5, 5.41) is 31.3. The van der Waals surface area contributed by atoms with Gasteiger partial charge < -0.3 is 25.8 Å². The smallest absolute Gasteiger partial charge is 0.353 e. The summed E-state index contributed by atoms with van der Waals surface area (Å²) in [5.74, 6) is -0.202. The van der Waals surface area contributed by atoms with E-state index in [4.69, 9.17) is 10.5 Å². The molecule has 0 amide bonds. The second kappa shape index (κ2) is 4.97. The normalized spacial score (nSPS) is 39.8. The Morgan fingerprint density at radius 1 is 1.12 bits per heavy atom. The third kappa shape index (κ3) is 2.09. The van der Waals surface area contributed by atoms with Crippen molar-refractivity contribution < 1.29 is 20.1 Å². The van der Waals surface area contributed by atoms with Crippen LogP contribution < -0.4 is 17.1 Å². The molecule has 4 unspecified atom stereocenters. The highest BCUT2D eigenvalue weighted by Crippen LogP contribution is 2.51. The van der Waals surface area contributed by atoms with Crippen LogP contribution in [0.1, 0.15) is 0 Å². The number of aliphatic hydroxyl groups is 3. The van der Waals surface area contributed by atoms with Gasteiger partial charge in [0.25, 0.3) is 0 Å². The summed E-state index contributed by atoms with van der Waals surface area (Å²) in [6.45, 7) is 0. The van der Waals surface area contributed by atoms with Crippen LogP contribution in [0, 0.1) is 0 Å². The Morgan fingerprint density at radius 3 is 2.00 bits per heavy atom. The molecule has 1 aliphatic heterocycles. The lowest BCUT2D eigenvalue weighted by Crippen LogP contribution is -2.74. The highest BCUT2D eigenvalue weighted by Gasteiger charge is 2.74. The van der Waals surface area contributed by atoms with Crippen LogP contribution in [0.3, 0.4) is 0 Å². The van der Waals surface area contributed by atoms with Crippen molar-refractivity contribution in [2.45, 2.75) is 27.5 Å². The number of nitrogens with two attached hydrogens (primary N) is 1. The molecule has 1 aromatic heterocycles. The van der Waals surface area contributed by atoms with Crippen LogP contribution >= 0.6 is 0 Å². The molecule has 0 aromatic carbocycles. The van der Waals surface area contributed by atoms with Crippen LogP contribution in [-0.4, -0.2) is 107 Å². The summed E-state index contributed by atoms with van der Waals surface area (Å²) in [7, 11) is 10.0. The highest BCUT2D eigenvalue weighted by molar-refractivity contribution is 6.47. The average molecular weight is 327 g/mol. The van der Waals surface area contributed by atoms with E-state index in [0.29, 0.717) is 0 Å². The highest BCUT2D eigenvalue weighted by atomic mass is 16.6. The van der Waals surface area contributed by atoms with Gasteiger partial charge in [-0.25, -0.2) is 9.78 Å². The number of hydrogen-bond acceptors (Lipinski definition) is 8. The minimum absolute atomic E-state index is 0.158. The van der Waals surface area contributed by atoms with Crippen LogP contribution in [0.5, 0.6) is 0 Å². The number of anilines is 1. The van der Waals surface area contributed by atoms with Crippen molar-refractivity contribution in [2.24, 2.45) is 0 Å². The molecule has 5 N–H and O–H groups in total. The molecule has 1 aromatic rings. The molecule has 0 radical (unpaired) electrons. The zero-order valence-corrected chi connectivity index (χ0v) is 15.1. The first-order valence-electron chi connectivity index (χ1n) is 7.64. The largest absolute Gasteiger partial charge is 0.405 e. The van der Waals surface area contributed by atoms with Crippen molar-refractivity contribution in [1.82, 2.24) is 14.5 Å². The van der Waals surface area contributed by atoms with Gasteiger partial charge in [-0.2, -0.15) is 4.98 Å². The van der Waals surface area contributed by atoms with Crippen LogP contribution in [0.25, 0.3) is 0 Å². The number of hydrogen-bond donors (Lipinski definition) is 4. The summed E-state index contributed by atoms with van der Waals surface area (Å²) in [4.78, 5) is 19.9. The van der Waals surface area contributed by atoms with E-state index in [1.165, 1.54) is 54.9 Å². The van der Waals surface area contributed by atoms with Crippen LogP contribution in [0.15, 0.2) is 4.79 Å². The van der Waals surface area contributed by atoms with E-state index in [0.717, 1.165) is 4.57 Å². The van der Waals surface area contributed by atoms with Gasteiger partial charge in [0.15, 0.2) is 23.5 Å². The molecule has 9 nitrogen and oxygen atoms in total. The zero-order valence-electron chi connectivity index (χ0n) is 15.1. The van der Waals surface area contributed by atoms with Crippen molar-refractivity contribution in [1.29, 1.82) is 0 Å². The molecule has 0 bridgehead atoms. The Morgan fingerprint density at radius 2 is 1.62 bits per heavy atom. The first-order chi connectivity index (χ1) is 10.5. The third-order valence-electron chi connectivity index (χ3n) is 5.78. The topological polar surface area (TPSA) is 144 Å². The van der Waals surface area contributed by atoms with E-state index < -0.39 is 33.2 Å². The maximum Gasteiger partial charge on any atom is 0.353 e. The number of nitrogen functional groups attached to an aromatic ring is 1. The van der Waals surface area contributed by atoms with E-state index in [1.54, 1.807) is 0 Å². The molecule has 2 heterocycles. The van der Waals surface area contributed by atoms with Gasteiger partial charge in [-0.1, -0.05) is 0 Å². The molecule has 1 aliphatic rings. The minimum Gasteiger partial charge on any atom is -0.405 e. The minimum atomic E-state index is -1.97. The molecule has 0 spiro atoms. The van der Waals surface area contributed by atoms with Gasteiger partial charge in [0.1, 0.15) is 37.0 Å². The Bertz CT molecular complexity index is 751. The van der Waals surface area contributed by atoms with Crippen molar-refractivity contribution in [3.63, 3.8) is 0 Å². The Balaban J connectivity index is 2.83. The van der Waals surface area contributed by atoms with Gasteiger partial charge in [0, 0.05) is 5.40 Å². The number of ether oxygens (including phenoxy) is 1. The fourth-order valence-corrected chi connectivity index (χ4v) is 3.51. The van der Waals surface area contributed by atoms with E-state index in [1.807, 2.05) is 0 Å². The SMILES string of the molecule is Bc1nc(N)nc(=O)n1C1(B)OC(B)(C(B)(B)O)C(B)(O)C1(B)O. The standard InChI is InChI=1S/C8H19B7N4O5/c9-1-17-2(16)18-3(20)19(1)8(15)5(11,22)4(10,21)6(12,24-8)7(13,14)23/h21-23H,9-15H2,(H2,16,18,20). The predicted octanol–water partition coefficient (Wildman–Crippen LogP) is -11.4. The average Bonchev–Trinajstić information content (AvgIpc) is 2.44. The number of nitrogens with zero attached hydrogens (tertiary/aromatic N) is 3. The van der Waals surface area contributed by atoms with Gasteiger partial charge >= 0.3 is 5.69 Å². The van der Waals surface area contributed by atoms with Gasteiger partial charge in [0.05, 0.1) is 22.2 Å². The lowest BCUT2D eigenvalue weighted by Gasteiger charge is -2.48. The van der Waals surface area contributed by atoms with Gasteiger partial charge in [-0.15, -0.1) is 0 Å². The Labute approximate surface area is 145 Å². The summed E-state index contributed by atoms with van der Waals surface area (Å²) in [6.07, 6.45) is 0. The fraction of sp³-hybridized carbons (Fsp3) is 0.625. The first kappa shape index (κ1) is 19.2. The fourth-order valence-electron chi connectivity index (χ4n) is 3.51. The zero-order chi connectivity index (χ0) is 18.9. The molecular formula is C8H19B7N4O5. The Kier molecular flexibility index (Phi) is 3.98. The van der Waals surface area contributed by atoms with Crippen LogP contribution in [0.2, 0.25) is 0 Å². The molecule has 16 heteroatoms. The molecule has 4 atom stereocenters. The van der Waals surface area contributed by atoms with E-state index in [-0.39, 0.29) is 11.7 Å². The molecule has 0 saturated carbocycles. The van der Waals surface area contributed by atoms with E-state index in [9.17, 15) is 20.1 Å². The molecule has 122 valence electrons. The third-order valence-corrected chi connectivity index (χ3v) is 5.78. The van der Waals surface area contributed by atoms with Crippen LogP contribution in [0.4, 0.5) is 5.95 Å². The van der Waals surface area contributed by atoms with Crippen molar-refractivity contribution >= 4 is 66.6 Å². The Hall–Kier alpha value is -1.10. The quantitative estimate of drug-likeness (QED) is 0.392. The molecule has 1 fully saturated rings. The summed E-state index contributed by atoms with van der Waals surface area (Å²) >= 11 is 0. The molecule has 2 rings (SSSR count). The monoisotopic (exact) mass is 328 g/mol. The maximum absolute atomic E-state index is 12.4. The van der Waals surface area contributed by atoms with E-state index in [2.05, 4.69) is 9.97 Å². The predicted molar refractivity (Wildman–Crippen MR) is 107 cm³/mol. The lowest BCUT2D eigenvalue weighted by molar-refractivity contribution is -0.133. The summed E-state index contributed by atoms with van der Waals surface area (Å²) in [6, 6.07) is 0. The van der Waals surface area contributed by atoms with Crippen molar-refractivity contribution in [2.75, 3.05) is 5.73 Å². The van der Waals surface area contributed by atoms with E-state index >= 15 is 0 Å². The summed E-state index contributed by atoms with van der Waals surface area (Å²) < 4.78 is 7.05.